The monoisotopic (exact) mass is 273 g/mol. The van der Waals surface area contributed by atoms with Gasteiger partial charge in [-0.2, -0.15) is 0 Å². The van der Waals surface area contributed by atoms with E-state index in [9.17, 15) is 12.8 Å². The Kier molecular flexibility index (Phi) is 5.28. The minimum absolute atomic E-state index is 0.0184. The van der Waals surface area contributed by atoms with Crippen molar-refractivity contribution in [2.24, 2.45) is 0 Å². The molecule has 0 heterocycles. The molecule has 0 aliphatic carbocycles. The maximum Gasteiger partial charge on any atom is 0.149 e. The summed E-state index contributed by atoms with van der Waals surface area (Å²) in [4.78, 5) is 0. The van der Waals surface area contributed by atoms with Crippen LogP contribution in [-0.4, -0.2) is 27.0 Å². The summed E-state index contributed by atoms with van der Waals surface area (Å²) < 4.78 is 36.3. The van der Waals surface area contributed by atoms with Crippen LogP contribution < -0.4 is 5.32 Å². The van der Waals surface area contributed by atoms with Gasteiger partial charge in [-0.3, -0.25) is 0 Å². The fourth-order valence-corrected chi connectivity index (χ4v) is 2.64. The van der Waals surface area contributed by atoms with Crippen molar-refractivity contribution >= 4 is 9.84 Å². The molecule has 0 saturated heterocycles. The predicted molar refractivity (Wildman–Crippen MR) is 71.9 cm³/mol. The first-order valence-electron chi connectivity index (χ1n) is 6.00. The first kappa shape index (κ1) is 15.1. The second kappa shape index (κ2) is 6.29. The van der Waals surface area contributed by atoms with Gasteiger partial charge >= 0.3 is 0 Å². The summed E-state index contributed by atoms with van der Waals surface area (Å²) >= 11 is 0. The summed E-state index contributed by atoms with van der Waals surface area (Å²) in [5.41, 5.74) is 1.24. The van der Waals surface area contributed by atoms with Crippen molar-refractivity contribution in [1.82, 2.24) is 5.32 Å². The Balaban J connectivity index is 2.97. The summed E-state index contributed by atoms with van der Waals surface area (Å²) in [7, 11) is -3.11. The van der Waals surface area contributed by atoms with E-state index in [4.69, 9.17) is 0 Å². The largest absolute Gasteiger partial charge is 0.309 e. The summed E-state index contributed by atoms with van der Waals surface area (Å²) in [6, 6.07) is 4.51. The quantitative estimate of drug-likeness (QED) is 0.864. The Bertz CT molecular complexity index is 500. The molecule has 0 saturated carbocycles. The Hall–Kier alpha value is -0.940. The van der Waals surface area contributed by atoms with Crippen LogP contribution >= 0.6 is 0 Å². The molecule has 3 nitrogen and oxygen atoms in total. The molecule has 102 valence electrons. The van der Waals surface area contributed by atoms with Crippen LogP contribution in [0.15, 0.2) is 18.2 Å². The van der Waals surface area contributed by atoms with Crippen LogP contribution in [0.25, 0.3) is 0 Å². The van der Waals surface area contributed by atoms with Crippen LogP contribution in [0.1, 0.15) is 30.5 Å². The van der Waals surface area contributed by atoms with Gasteiger partial charge in [0.25, 0.3) is 0 Å². The molecule has 0 amide bonds. The molecule has 0 radical (unpaired) electrons. The standard InChI is InChI=1S/C13H20FNO2S/c1-4-7-15-13(9-18(3,16)17)11-6-5-10(2)12(14)8-11/h5-6,8,13,15H,4,7,9H2,1-3H3. The lowest BCUT2D eigenvalue weighted by molar-refractivity contribution is 0.544. The summed E-state index contributed by atoms with van der Waals surface area (Å²) in [6.07, 6.45) is 2.09. The van der Waals surface area contributed by atoms with Crippen molar-refractivity contribution in [2.45, 2.75) is 26.3 Å². The predicted octanol–water partition coefficient (Wildman–Crippen LogP) is 2.22. The van der Waals surface area contributed by atoms with E-state index in [1.54, 1.807) is 19.1 Å². The van der Waals surface area contributed by atoms with E-state index >= 15 is 0 Å². The highest BCUT2D eigenvalue weighted by atomic mass is 32.2. The Morgan fingerprint density at radius 1 is 1.39 bits per heavy atom. The molecule has 1 rings (SSSR count). The second-order valence-corrected chi connectivity index (χ2v) is 6.79. The second-order valence-electron chi connectivity index (χ2n) is 4.61. The number of nitrogens with one attached hydrogen (secondary N) is 1. The fourth-order valence-electron chi connectivity index (χ4n) is 1.72. The first-order chi connectivity index (χ1) is 8.33. The summed E-state index contributed by atoms with van der Waals surface area (Å²) in [6.45, 7) is 4.39. The van der Waals surface area contributed by atoms with E-state index in [0.29, 0.717) is 17.7 Å². The van der Waals surface area contributed by atoms with E-state index in [2.05, 4.69) is 5.32 Å². The molecule has 0 fully saturated rings. The summed E-state index contributed by atoms with van der Waals surface area (Å²) in [5.74, 6) is -0.320. The Morgan fingerprint density at radius 2 is 2.06 bits per heavy atom. The van der Waals surface area contributed by atoms with E-state index in [-0.39, 0.29) is 17.6 Å². The molecule has 1 unspecified atom stereocenters. The Morgan fingerprint density at radius 3 is 2.56 bits per heavy atom. The number of benzene rings is 1. The van der Waals surface area contributed by atoms with Gasteiger partial charge in [0.05, 0.1) is 5.75 Å². The van der Waals surface area contributed by atoms with E-state index in [0.717, 1.165) is 6.42 Å². The molecule has 1 N–H and O–H groups in total. The van der Waals surface area contributed by atoms with Crippen LogP contribution in [0.2, 0.25) is 0 Å². The van der Waals surface area contributed by atoms with Gasteiger partial charge in [-0.25, -0.2) is 12.8 Å². The highest BCUT2D eigenvalue weighted by Gasteiger charge is 2.17. The van der Waals surface area contributed by atoms with Crippen molar-refractivity contribution in [3.63, 3.8) is 0 Å². The third-order valence-electron chi connectivity index (χ3n) is 2.71. The van der Waals surface area contributed by atoms with Gasteiger partial charge in [-0.15, -0.1) is 0 Å². The van der Waals surface area contributed by atoms with Crippen LogP contribution in [0.5, 0.6) is 0 Å². The molecule has 0 aliphatic rings. The first-order valence-corrected chi connectivity index (χ1v) is 8.06. The van der Waals surface area contributed by atoms with Crippen molar-refractivity contribution in [3.8, 4) is 0 Å². The van der Waals surface area contributed by atoms with Crippen LogP contribution in [-0.2, 0) is 9.84 Å². The highest BCUT2D eigenvalue weighted by molar-refractivity contribution is 7.90. The van der Waals surface area contributed by atoms with Gasteiger partial charge in [0.15, 0.2) is 0 Å². The van der Waals surface area contributed by atoms with Crippen LogP contribution in [0.4, 0.5) is 4.39 Å². The average Bonchev–Trinajstić information content (AvgIpc) is 2.26. The smallest absolute Gasteiger partial charge is 0.149 e. The molecule has 1 aromatic rings. The van der Waals surface area contributed by atoms with Crippen molar-refractivity contribution in [1.29, 1.82) is 0 Å². The van der Waals surface area contributed by atoms with E-state index < -0.39 is 9.84 Å². The lowest BCUT2D eigenvalue weighted by Gasteiger charge is -2.18. The number of aryl methyl sites for hydroxylation is 1. The zero-order chi connectivity index (χ0) is 13.8. The van der Waals surface area contributed by atoms with Gasteiger partial charge in [-0.1, -0.05) is 19.1 Å². The SMILES string of the molecule is CCCNC(CS(C)(=O)=O)c1ccc(C)c(F)c1. The van der Waals surface area contributed by atoms with Crippen molar-refractivity contribution < 1.29 is 12.8 Å². The minimum atomic E-state index is -3.11. The van der Waals surface area contributed by atoms with Crippen LogP contribution in [0.3, 0.4) is 0 Å². The third-order valence-corrected chi connectivity index (χ3v) is 3.65. The maximum absolute atomic E-state index is 13.5. The summed E-state index contributed by atoms with van der Waals surface area (Å²) in [5, 5.41) is 3.14. The lowest BCUT2D eigenvalue weighted by atomic mass is 10.1. The highest BCUT2D eigenvalue weighted by Crippen LogP contribution is 2.18. The maximum atomic E-state index is 13.5. The fraction of sp³-hybridized carbons (Fsp3) is 0.538. The average molecular weight is 273 g/mol. The van der Waals surface area contributed by atoms with Gasteiger partial charge in [0, 0.05) is 12.3 Å². The zero-order valence-electron chi connectivity index (χ0n) is 11.0. The molecular weight excluding hydrogens is 253 g/mol. The van der Waals surface area contributed by atoms with Gasteiger partial charge in [0.2, 0.25) is 0 Å². The van der Waals surface area contributed by atoms with Crippen molar-refractivity contribution in [3.05, 3.63) is 35.1 Å². The molecule has 0 bridgehead atoms. The number of hydrogen-bond donors (Lipinski definition) is 1. The molecule has 18 heavy (non-hydrogen) atoms. The number of rotatable bonds is 6. The molecule has 0 aliphatic heterocycles. The molecule has 5 heteroatoms. The Labute approximate surface area is 108 Å². The normalized spacial score (nSPS) is 13.6. The number of halogens is 1. The zero-order valence-corrected chi connectivity index (χ0v) is 11.8. The lowest BCUT2D eigenvalue weighted by Crippen LogP contribution is -2.28. The minimum Gasteiger partial charge on any atom is -0.309 e. The van der Waals surface area contributed by atoms with Gasteiger partial charge in [-0.05, 0) is 37.1 Å². The van der Waals surface area contributed by atoms with E-state index in [1.807, 2.05) is 6.92 Å². The van der Waals surface area contributed by atoms with Gasteiger partial charge in [0.1, 0.15) is 15.7 Å². The number of hydrogen-bond acceptors (Lipinski definition) is 3. The third kappa shape index (κ3) is 4.74. The van der Waals surface area contributed by atoms with Crippen molar-refractivity contribution in [2.75, 3.05) is 18.6 Å². The molecule has 1 aromatic carbocycles. The molecule has 0 spiro atoms. The van der Waals surface area contributed by atoms with Crippen LogP contribution in [0, 0.1) is 12.7 Å². The number of sulfone groups is 1. The molecule has 1 atom stereocenters. The van der Waals surface area contributed by atoms with Gasteiger partial charge < -0.3 is 5.32 Å². The molecular formula is C13H20FNO2S. The molecule has 0 aromatic heterocycles. The topological polar surface area (TPSA) is 46.2 Å². The van der Waals surface area contributed by atoms with E-state index in [1.165, 1.54) is 12.3 Å².